The Morgan fingerprint density at radius 1 is 0.923 bits per heavy atom. The van der Waals surface area contributed by atoms with Crippen LogP contribution in [0.1, 0.15) is 12.0 Å². The molecule has 0 spiro atoms. The van der Waals surface area contributed by atoms with Crippen LogP contribution in [0.4, 0.5) is 39.5 Å². The van der Waals surface area contributed by atoms with Crippen LogP contribution < -0.4 is 4.74 Å². The fourth-order valence-electron chi connectivity index (χ4n) is 1.65. The minimum atomic E-state index is -7.05. The molecule has 0 amide bonds. The zero-order valence-corrected chi connectivity index (χ0v) is 12.9. The molecule has 1 aromatic rings. The molecule has 26 heavy (non-hydrogen) atoms. The molecule has 0 heterocycles. The molecule has 1 atom stereocenters. The summed E-state index contributed by atoms with van der Waals surface area (Å²) < 4.78 is 119. The molecule has 0 aliphatic carbocycles. The third-order valence-electron chi connectivity index (χ3n) is 3.21. The van der Waals surface area contributed by atoms with Crippen molar-refractivity contribution in [2.45, 2.75) is 36.5 Å². The van der Waals surface area contributed by atoms with Gasteiger partial charge in [-0.25, -0.2) is 0 Å². The molecule has 0 saturated heterocycles. The molecule has 0 aromatic heterocycles. The van der Waals surface area contributed by atoms with Gasteiger partial charge in [-0.15, -0.1) is 0 Å². The van der Waals surface area contributed by atoms with Gasteiger partial charge in [-0.2, -0.15) is 39.5 Å². The molecule has 0 saturated carbocycles. The summed E-state index contributed by atoms with van der Waals surface area (Å²) in [6.45, 7) is 0. The quantitative estimate of drug-likeness (QED) is 0.597. The minimum absolute atomic E-state index is 0.175. The average Bonchev–Trinajstić information content (AvgIpc) is 2.53. The largest absolute Gasteiger partial charge is 0.497 e. The standard InChI is InChI=1S/C15H11F9O2/c1-26-10-7-5-9(6-8-10)3-2-4-11(25)12(16,17)13(18,19)14(20,21)15(22,23)24/h5-8,11,25H,4H2,1H3. The molecule has 11 heteroatoms. The molecule has 0 aliphatic heterocycles. The van der Waals surface area contributed by atoms with Crippen molar-refractivity contribution < 1.29 is 49.4 Å². The van der Waals surface area contributed by atoms with E-state index in [0.29, 0.717) is 5.75 Å². The van der Waals surface area contributed by atoms with Crippen molar-refractivity contribution in [1.29, 1.82) is 0 Å². The molecule has 0 bridgehead atoms. The lowest BCUT2D eigenvalue weighted by Crippen LogP contribution is -2.64. The Morgan fingerprint density at radius 3 is 1.85 bits per heavy atom. The minimum Gasteiger partial charge on any atom is -0.497 e. The van der Waals surface area contributed by atoms with Crippen molar-refractivity contribution in [3.05, 3.63) is 29.8 Å². The van der Waals surface area contributed by atoms with Crippen molar-refractivity contribution >= 4 is 0 Å². The SMILES string of the molecule is COc1ccc(C#CCC(O)C(F)(F)C(F)(F)C(F)(F)C(F)(F)F)cc1. The van der Waals surface area contributed by atoms with Crippen LogP contribution in [0.15, 0.2) is 24.3 Å². The maximum Gasteiger partial charge on any atom is 0.460 e. The molecule has 1 aromatic carbocycles. The summed E-state index contributed by atoms with van der Waals surface area (Å²) in [5.41, 5.74) is 0.175. The fourth-order valence-corrected chi connectivity index (χ4v) is 1.65. The summed E-state index contributed by atoms with van der Waals surface area (Å²) in [4.78, 5) is 0. The topological polar surface area (TPSA) is 29.5 Å². The predicted octanol–water partition coefficient (Wildman–Crippen LogP) is 4.27. The fraction of sp³-hybridized carbons (Fsp3) is 0.467. The second kappa shape index (κ2) is 7.26. The number of methoxy groups -OCH3 is 1. The van der Waals surface area contributed by atoms with Crippen LogP contribution in [0.25, 0.3) is 0 Å². The number of halogens is 9. The molecule has 2 nitrogen and oxygen atoms in total. The van der Waals surface area contributed by atoms with E-state index in [9.17, 15) is 39.5 Å². The summed E-state index contributed by atoms with van der Waals surface area (Å²) in [5.74, 6) is -15.6. The number of hydrogen-bond acceptors (Lipinski definition) is 2. The van der Waals surface area contributed by atoms with Crippen LogP contribution in [0.3, 0.4) is 0 Å². The van der Waals surface area contributed by atoms with Crippen LogP contribution in [0.5, 0.6) is 5.75 Å². The molecular formula is C15H11F9O2. The average molecular weight is 394 g/mol. The molecule has 1 N–H and O–H groups in total. The monoisotopic (exact) mass is 394 g/mol. The van der Waals surface area contributed by atoms with Gasteiger partial charge in [0.15, 0.2) is 0 Å². The van der Waals surface area contributed by atoms with E-state index in [4.69, 9.17) is 9.84 Å². The van der Waals surface area contributed by atoms with Gasteiger partial charge in [0.1, 0.15) is 11.9 Å². The van der Waals surface area contributed by atoms with Gasteiger partial charge in [0.25, 0.3) is 0 Å². The normalized spacial score (nSPS) is 14.4. The summed E-state index contributed by atoms with van der Waals surface area (Å²) in [7, 11) is 1.36. The van der Waals surface area contributed by atoms with E-state index in [0.717, 1.165) is 0 Å². The van der Waals surface area contributed by atoms with Crippen molar-refractivity contribution in [3.63, 3.8) is 0 Å². The van der Waals surface area contributed by atoms with Crippen LogP contribution in [-0.4, -0.2) is 42.3 Å². The van der Waals surface area contributed by atoms with Gasteiger partial charge in [-0.05, 0) is 24.3 Å². The predicted molar refractivity (Wildman–Crippen MR) is 71.4 cm³/mol. The first-order valence-corrected chi connectivity index (χ1v) is 6.69. The van der Waals surface area contributed by atoms with Crippen LogP contribution >= 0.6 is 0 Å². The lowest BCUT2D eigenvalue weighted by Gasteiger charge is -2.35. The Balaban J connectivity index is 2.97. The zero-order chi connectivity index (χ0) is 20.4. The summed E-state index contributed by atoms with van der Waals surface area (Å²) in [6, 6.07) is 5.49. The highest BCUT2D eigenvalue weighted by Gasteiger charge is 2.82. The van der Waals surface area contributed by atoms with E-state index in [-0.39, 0.29) is 5.56 Å². The first-order valence-electron chi connectivity index (χ1n) is 6.69. The van der Waals surface area contributed by atoms with Crippen LogP contribution in [0, 0.1) is 11.8 Å². The van der Waals surface area contributed by atoms with E-state index in [1.54, 1.807) is 0 Å². The summed E-state index contributed by atoms with van der Waals surface area (Å²) in [5, 5.41) is 9.05. The lowest BCUT2D eigenvalue weighted by atomic mass is 9.97. The second-order valence-electron chi connectivity index (χ2n) is 5.02. The Labute approximate surface area is 141 Å². The van der Waals surface area contributed by atoms with Crippen molar-refractivity contribution in [1.82, 2.24) is 0 Å². The molecule has 0 aliphatic rings. The lowest BCUT2D eigenvalue weighted by molar-refractivity contribution is -0.405. The van der Waals surface area contributed by atoms with E-state index in [1.165, 1.54) is 31.4 Å². The first-order chi connectivity index (χ1) is 11.7. The summed E-state index contributed by atoms with van der Waals surface area (Å²) in [6.07, 6.45) is -12.0. The van der Waals surface area contributed by atoms with Gasteiger partial charge in [0.2, 0.25) is 0 Å². The molecule has 146 valence electrons. The zero-order valence-electron chi connectivity index (χ0n) is 12.9. The molecular weight excluding hydrogens is 383 g/mol. The van der Waals surface area contributed by atoms with Crippen molar-refractivity contribution in [3.8, 4) is 17.6 Å². The van der Waals surface area contributed by atoms with E-state index >= 15 is 0 Å². The van der Waals surface area contributed by atoms with Crippen molar-refractivity contribution in [2.75, 3.05) is 7.11 Å². The van der Waals surface area contributed by atoms with Crippen molar-refractivity contribution in [2.24, 2.45) is 0 Å². The maximum absolute atomic E-state index is 13.4. The highest BCUT2D eigenvalue weighted by molar-refractivity contribution is 5.38. The van der Waals surface area contributed by atoms with E-state index < -0.39 is 36.5 Å². The third-order valence-corrected chi connectivity index (χ3v) is 3.21. The summed E-state index contributed by atoms with van der Waals surface area (Å²) >= 11 is 0. The number of aliphatic hydroxyl groups excluding tert-OH is 1. The number of rotatable bonds is 5. The highest BCUT2D eigenvalue weighted by Crippen LogP contribution is 2.54. The Hall–Kier alpha value is -2.09. The van der Waals surface area contributed by atoms with Gasteiger partial charge in [0.05, 0.1) is 7.11 Å². The number of aliphatic hydroxyl groups is 1. The van der Waals surface area contributed by atoms with Crippen LogP contribution in [-0.2, 0) is 0 Å². The van der Waals surface area contributed by atoms with E-state index in [2.05, 4.69) is 5.92 Å². The number of alkyl halides is 9. The number of ether oxygens (including phenoxy) is 1. The smallest absolute Gasteiger partial charge is 0.460 e. The van der Waals surface area contributed by atoms with Gasteiger partial charge >= 0.3 is 23.9 Å². The Kier molecular flexibility index (Phi) is 6.13. The number of benzene rings is 1. The first kappa shape index (κ1) is 22.0. The van der Waals surface area contributed by atoms with Gasteiger partial charge < -0.3 is 9.84 Å². The molecule has 1 rings (SSSR count). The maximum atomic E-state index is 13.4. The highest BCUT2D eigenvalue weighted by atomic mass is 19.4. The van der Waals surface area contributed by atoms with Gasteiger partial charge in [-0.3, -0.25) is 0 Å². The number of hydrogen-bond donors (Lipinski definition) is 1. The molecule has 0 fully saturated rings. The Bertz CT molecular complexity index is 669. The van der Waals surface area contributed by atoms with E-state index in [1.807, 2.05) is 5.92 Å². The van der Waals surface area contributed by atoms with Gasteiger partial charge in [0, 0.05) is 12.0 Å². The second-order valence-corrected chi connectivity index (χ2v) is 5.02. The Morgan fingerprint density at radius 2 is 1.42 bits per heavy atom. The van der Waals surface area contributed by atoms with Crippen LogP contribution in [0.2, 0.25) is 0 Å². The molecule has 1 unspecified atom stereocenters. The molecule has 0 radical (unpaired) electrons. The third kappa shape index (κ3) is 4.00. The van der Waals surface area contributed by atoms with Gasteiger partial charge in [-0.1, -0.05) is 11.8 Å².